The van der Waals surface area contributed by atoms with Gasteiger partial charge in [0.15, 0.2) is 22.8 Å². The molecule has 2 aromatic carbocycles. The minimum atomic E-state index is -2.92. The highest BCUT2D eigenvalue weighted by Gasteiger charge is 2.41. The Balaban J connectivity index is 1.57. The second-order valence-corrected chi connectivity index (χ2v) is 10.6. The summed E-state index contributed by atoms with van der Waals surface area (Å²) >= 11 is 7.70. The van der Waals surface area contributed by atoms with Crippen LogP contribution in [0.3, 0.4) is 0 Å². The van der Waals surface area contributed by atoms with Crippen molar-refractivity contribution in [2.24, 2.45) is 4.99 Å². The number of nitrogens with zero attached hydrogens (tertiary/aromatic N) is 2. The van der Waals surface area contributed by atoms with Gasteiger partial charge in [0.25, 0.3) is 0 Å². The summed E-state index contributed by atoms with van der Waals surface area (Å²) < 4.78 is 68.1. The Hall–Kier alpha value is -3.58. The second-order valence-electron chi connectivity index (χ2n) is 9.30. The van der Waals surface area contributed by atoms with Gasteiger partial charge in [-0.05, 0) is 17.7 Å². The van der Waals surface area contributed by atoms with E-state index in [2.05, 4.69) is 10.3 Å². The fraction of sp³-hybridized carbons (Fsp3) is 0.250. The number of nitrogens with one attached hydrogen (secondary N) is 3. The minimum absolute atomic E-state index is 0.0106. The molecule has 3 N–H and O–H groups in total. The van der Waals surface area contributed by atoms with Gasteiger partial charge in [-0.3, -0.25) is 4.99 Å². The molecule has 7 nitrogen and oxygen atoms in total. The van der Waals surface area contributed by atoms with E-state index in [1.165, 1.54) is 23.5 Å². The standard InChI is InChI=1S/C28H24ClF4N5O2S/c29-20-10-18(30)6-7-19(20)23-22(17(12-34)13-36-27(31)32)21(37-24(38-23)25-35-8-9-41-25)11-28(33)14-39-26(40-15-28)16-4-2-1-3-5-16/h1-10,12-13,23,26-27,34,36H,11,14-15H2,(H,37,38)/b17-13+,34-12?/t23-,26-,28-/m0/s1. The van der Waals surface area contributed by atoms with Gasteiger partial charge in [-0.25, -0.2) is 13.8 Å². The molecule has 3 aromatic rings. The molecule has 0 spiro atoms. The van der Waals surface area contributed by atoms with Crippen molar-refractivity contribution >= 4 is 35.0 Å². The molecule has 0 unspecified atom stereocenters. The number of aromatic nitrogens is 1. The minimum Gasteiger partial charge on any atom is -0.345 e. The number of alkyl halides is 3. The molecule has 5 rings (SSSR count). The van der Waals surface area contributed by atoms with E-state index in [0.29, 0.717) is 10.6 Å². The van der Waals surface area contributed by atoms with E-state index in [1.807, 2.05) is 35.6 Å². The van der Waals surface area contributed by atoms with E-state index in [4.69, 9.17) is 31.5 Å². The van der Waals surface area contributed by atoms with Gasteiger partial charge in [-0.1, -0.05) is 48.0 Å². The summed E-state index contributed by atoms with van der Waals surface area (Å²) in [6.45, 7) is -3.57. The number of amidine groups is 1. The summed E-state index contributed by atoms with van der Waals surface area (Å²) in [5.74, 6) is -0.310. The van der Waals surface area contributed by atoms with Gasteiger partial charge in [0, 0.05) is 57.8 Å². The number of thiazole rings is 1. The molecular formula is C28H24ClF4N5O2S. The fourth-order valence-corrected chi connectivity index (χ4v) is 5.44. The number of hydrogen-bond acceptors (Lipinski definition) is 8. The number of halogens is 5. The number of aliphatic imine (C=N–C) groups is 1. The fourth-order valence-electron chi connectivity index (χ4n) is 4.58. The van der Waals surface area contributed by atoms with Crippen LogP contribution in [0, 0.1) is 11.2 Å². The average Bonchev–Trinajstić information content (AvgIpc) is 3.50. The third-order valence-electron chi connectivity index (χ3n) is 6.40. The van der Waals surface area contributed by atoms with Crippen molar-refractivity contribution in [3.8, 4) is 0 Å². The van der Waals surface area contributed by atoms with Gasteiger partial charge < -0.3 is 25.5 Å². The van der Waals surface area contributed by atoms with Gasteiger partial charge >= 0.3 is 6.55 Å². The van der Waals surface area contributed by atoms with Crippen molar-refractivity contribution in [2.45, 2.75) is 31.0 Å². The van der Waals surface area contributed by atoms with Crippen LogP contribution in [0.25, 0.3) is 0 Å². The Bertz CT molecular complexity index is 1480. The molecule has 1 aromatic heterocycles. The molecule has 2 aliphatic heterocycles. The maximum atomic E-state index is 16.4. The zero-order valence-corrected chi connectivity index (χ0v) is 22.9. The first-order valence-electron chi connectivity index (χ1n) is 12.4. The molecule has 0 aliphatic carbocycles. The van der Waals surface area contributed by atoms with Gasteiger partial charge in [0.1, 0.15) is 11.9 Å². The van der Waals surface area contributed by atoms with Crippen molar-refractivity contribution in [3.05, 3.63) is 110 Å². The van der Waals surface area contributed by atoms with Crippen molar-refractivity contribution in [3.63, 3.8) is 0 Å². The van der Waals surface area contributed by atoms with Gasteiger partial charge in [-0.15, -0.1) is 11.3 Å². The molecule has 1 fully saturated rings. The zero-order valence-electron chi connectivity index (χ0n) is 21.3. The lowest BCUT2D eigenvalue weighted by molar-refractivity contribution is -0.237. The monoisotopic (exact) mass is 605 g/mol. The first-order valence-corrected chi connectivity index (χ1v) is 13.7. The summed E-state index contributed by atoms with van der Waals surface area (Å²) in [6, 6.07) is 11.8. The van der Waals surface area contributed by atoms with Gasteiger partial charge in [-0.2, -0.15) is 8.78 Å². The van der Waals surface area contributed by atoms with E-state index in [9.17, 15) is 13.2 Å². The molecular weight excluding hydrogens is 582 g/mol. The average molecular weight is 606 g/mol. The Morgan fingerprint density at radius 3 is 2.61 bits per heavy atom. The lowest BCUT2D eigenvalue weighted by Gasteiger charge is -2.37. The predicted molar refractivity (Wildman–Crippen MR) is 149 cm³/mol. The normalized spacial score (nSPS) is 23.3. The number of ether oxygens (including phenoxy) is 2. The van der Waals surface area contributed by atoms with Crippen LogP contribution in [0.5, 0.6) is 0 Å². The summed E-state index contributed by atoms with van der Waals surface area (Å²) in [4.78, 5) is 9.02. The van der Waals surface area contributed by atoms with Crippen molar-refractivity contribution in [2.75, 3.05) is 13.2 Å². The molecule has 3 heterocycles. The third-order valence-corrected chi connectivity index (χ3v) is 7.51. The Kier molecular flexibility index (Phi) is 8.83. The van der Waals surface area contributed by atoms with Gasteiger partial charge in [0.2, 0.25) is 0 Å². The molecule has 0 bridgehead atoms. The molecule has 1 saturated heterocycles. The van der Waals surface area contributed by atoms with Crippen LogP contribution in [0.4, 0.5) is 17.6 Å². The van der Waals surface area contributed by atoms with Crippen molar-refractivity contribution < 1.29 is 27.0 Å². The maximum Gasteiger partial charge on any atom is 0.312 e. The summed E-state index contributed by atoms with van der Waals surface area (Å²) in [7, 11) is 0. The Morgan fingerprint density at radius 2 is 1.98 bits per heavy atom. The quantitative estimate of drug-likeness (QED) is 0.148. The molecule has 2 aliphatic rings. The molecule has 41 heavy (non-hydrogen) atoms. The largest absolute Gasteiger partial charge is 0.345 e. The van der Waals surface area contributed by atoms with E-state index in [-0.39, 0.29) is 47.3 Å². The van der Waals surface area contributed by atoms with Crippen molar-refractivity contribution in [1.29, 1.82) is 5.41 Å². The van der Waals surface area contributed by atoms with Crippen LogP contribution < -0.4 is 10.6 Å². The van der Waals surface area contributed by atoms with Crippen LogP contribution in [0.2, 0.25) is 5.02 Å². The maximum absolute atomic E-state index is 16.4. The molecule has 0 amide bonds. The molecule has 0 radical (unpaired) electrons. The number of rotatable bonds is 9. The Morgan fingerprint density at radius 1 is 1.22 bits per heavy atom. The molecule has 1 atom stereocenters. The highest BCUT2D eigenvalue weighted by Crippen LogP contribution is 2.42. The first-order chi connectivity index (χ1) is 19.8. The SMILES string of the molecule is N=C/C(=C\NC(F)F)C1=C(C[C@]2(F)CO[C@H](c3ccccc3)OC2)NC(c2nccs2)=N[C@H]1c1ccc(F)cc1Cl. The van der Waals surface area contributed by atoms with Crippen LogP contribution in [0.1, 0.15) is 34.9 Å². The smallest absolute Gasteiger partial charge is 0.312 e. The highest BCUT2D eigenvalue weighted by atomic mass is 35.5. The number of benzene rings is 2. The van der Waals surface area contributed by atoms with E-state index >= 15 is 4.39 Å². The summed E-state index contributed by atoms with van der Waals surface area (Å²) in [6.07, 6.45) is 2.31. The summed E-state index contributed by atoms with van der Waals surface area (Å²) in [5.41, 5.74) is -0.553. The predicted octanol–water partition coefficient (Wildman–Crippen LogP) is 6.47. The van der Waals surface area contributed by atoms with Crippen LogP contribution >= 0.6 is 22.9 Å². The molecule has 214 valence electrons. The number of allylic oxidation sites excluding steroid dienone is 1. The lowest BCUT2D eigenvalue weighted by Crippen LogP contribution is -2.44. The molecule has 13 heteroatoms. The zero-order chi connectivity index (χ0) is 29.0. The number of hydrogen-bond donors (Lipinski definition) is 3. The van der Waals surface area contributed by atoms with Crippen LogP contribution in [-0.2, 0) is 9.47 Å². The highest BCUT2D eigenvalue weighted by molar-refractivity contribution is 7.11. The second kappa shape index (κ2) is 12.5. The van der Waals surface area contributed by atoms with Gasteiger partial charge in [0.05, 0.1) is 13.2 Å². The topological polar surface area (TPSA) is 91.6 Å². The van der Waals surface area contributed by atoms with Crippen LogP contribution in [0.15, 0.2) is 88.1 Å². The van der Waals surface area contributed by atoms with E-state index in [1.54, 1.807) is 11.6 Å². The van der Waals surface area contributed by atoms with Crippen LogP contribution in [-0.4, -0.2) is 42.5 Å². The Labute approximate surface area is 242 Å². The van der Waals surface area contributed by atoms with E-state index in [0.717, 1.165) is 24.0 Å². The van der Waals surface area contributed by atoms with Crippen molar-refractivity contribution in [1.82, 2.24) is 15.6 Å². The molecule has 0 saturated carbocycles. The summed E-state index contributed by atoms with van der Waals surface area (Å²) in [5, 5.41) is 15.2. The third kappa shape index (κ3) is 6.67. The van der Waals surface area contributed by atoms with E-state index < -0.39 is 30.4 Å². The first kappa shape index (κ1) is 28.9. The lowest BCUT2D eigenvalue weighted by atomic mass is 9.87.